The zero-order valence-electron chi connectivity index (χ0n) is 11.0. The summed E-state index contributed by atoms with van der Waals surface area (Å²) in [7, 11) is 0. The lowest BCUT2D eigenvalue weighted by Crippen LogP contribution is -2.40. The van der Waals surface area contributed by atoms with E-state index in [0.717, 1.165) is 6.42 Å². The van der Waals surface area contributed by atoms with E-state index in [1.54, 1.807) is 0 Å². The Bertz CT molecular complexity index is 310. The highest BCUT2D eigenvalue weighted by Gasteiger charge is 2.53. The van der Waals surface area contributed by atoms with E-state index in [2.05, 4.69) is 0 Å². The predicted molar refractivity (Wildman–Crippen MR) is 60.1 cm³/mol. The monoisotopic (exact) mass is 244 g/mol. The number of carbonyl (C=O) groups is 2. The van der Waals surface area contributed by atoms with E-state index in [-0.39, 0.29) is 11.5 Å². The minimum atomic E-state index is -0.809. The molecule has 98 valence electrons. The fraction of sp³-hybridized carbons (Fsp3) is 0.833. The van der Waals surface area contributed by atoms with Crippen molar-refractivity contribution in [1.29, 1.82) is 0 Å². The summed E-state index contributed by atoms with van der Waals surface area (Å²) in [5.74, 6) is -0.847. The third kappa shape index (κ3) is 2.97. The van der Waals surface area contributed by atoms with Crippen LogP contribution in [0.3, 0.4) is 0 Å². The number of esters is 2. The predicted octanol–water partition coefficient (Wildman–Crippen LogP) is 1.64. The summed E-state index contributed by atoms with van der Waals surface area (Å²) < 4.78 is 15.9. The minimum absolute atomic E-state index is 0.101. The van der Waals surface area contributed by atoms with Crippen LogP contribution in [0.1, 0.15) is 41.0 Å². The maximum atomic E-state index is 11.1. The molecular weight excluding hydrogens is 224 g/mol. The molecule has 0 N–H and O–H groups in total. The topological polar surface area (TPSA) is 61.8 Å². The van der Waals surface area contributed by atoms with E-state index < -0.39 is 24.3 Å². The van der Waals surface area contributed by atoms with E-state index in [9.17, 15) is 9.59 Å². The second kappa shape index (κ2) is 5.04. The minimum Gasteiger partial charge on any atom is -0.455 e. The Kier molecular flexibility index (Phi) is 4.14. The molecule has 1 aliphatic heterocycles. The van der Waals surface area contributed by atoms with Gasteiger partial charge in [-0.05, 0) is 6.42 Å². The molecule has 1 fully saturated rings. The molecule has 0 aromatic heterocycles. The van der Waals surface area contributed by atoms with Gasteiger partial charge >= 0.3 is 11.9 Å². The highest BCUT2D eigenvalue weighted by atomic mass is 16.7. The smallest absolute Gasteiger partial charge is 0.305 e. The van der Waals surface area contributed by atoms with Crippen molar-refractivity contribution in [2.75, 3.05) is 0 Å². The molecule has 0 aromatic carbocycles. The van der Waals surface area contributed by atoms with Crippen molar-refractivity contribution in [3.8, 4) is 0 Å². The SMILES string of the molecule is CC[C@H]1OC(OC(C)=O)[C@H](OC(C)=O)C1(C)C. The maximum Gasteiger partial charge on any atom is 0.305 e. The first-order chi connectivity index (χ1) is 7.78. The Morgan fingerprint density at radius 1 is 1.18 bits per heavy atom. The summed E-state index contributed by atoms with van der Waals surface area (Å²) in [5.41, 5.74) is -0.374. The fourth-order valence-electron chi connectivity index (χ4n) is 2.20. The van der Waals surface area contributed by atoms with Gasteiger partial charge < -0.3 is 14.2 Å². The van der Waals surface area contributed by atoms with Crippen molar-refractivity contribution in [3.63, 3.8) is 0 Å². The van der Waals surface area contributed by atoms with Gasteiger partial charge in [0.05, 0.1) is 6.10 Å². The highest BCUT2D eigenvalue weighted by Crippen LogP contribution is 2.42. The van der Waals surface area contributed by atoms with E-state index in [1.807, 2.05) is 20.8 Å². The van der Waals surface area contributed by atoms with Gasteiger partial charge in [0.15, 0.2) is 6.10 Å². The molecule has 0 radical (unpaired) electrons. The number of hydrogen-bond donors (Lipinski definition) is 0. The van der Waals surface area contributed by atoms with E-state index in [4.69, 9.17) is 14.2 Å². The van der Waals surface area contributed by atoms with Gasteiger partial charge in [0.1, 0.15) is 0 Å². The Hall–Kier alpha value is -1.10. The molecule has 1 unspecified atom stereocenters. The van der Waals surface area contributed by atoms with Gasteiger partial charge in [-0.2, -0.15) is 0 Å². The summed E-state index contributed by atoms with van der Waals surface area (Å²) in [6.45, 7) is 8.50. The zero-order chi connectivity index (χ0) is 13.2. The van der Waals surface area contributed by atoms with Gasteiger partial charge in [-0.25, -0.2) is 0 Å². The average molecular weight is 244 g/mol. The average Bonchev–Trinajstić information content (AvgIpc) is 2.39. The third-order valence-corrected chi connectivity index (χ3v) is 3.05. The molecule has 1 aliphatic rings. The molecule has 1 heterocycles. The van der Waals surface area contributed by atoms with Gasteiger partial charge in [0.25, 0.3) is 0 Å². The first-order valence-electron chi connectivity index (χ1n) is 5.79. The summed E-state index contributed by atoms with van der Waals surface area (Å²) in [4.78, 5) is 22.1. The molecule has 5 heteroatoms. The van der Waals surface area contributed by atoms with E-state index in [1.165, 1.54) is 13.8 Å². The lowest BCUT2D eigenvalue weighted by atomic mass is 9.81. The number of carbonyl (C=O) groups excluding carboxylic acids is 2. The second-order valence-corrected chi connectivity index (χ2v) is 4.86. The van der Waals surface area contributed by atoms with Crippen molar-refractivity contribution >= 4 is 11.9 Å². The van der Waals surface area contributed by atoms with Crippen LogP contribution in [0.5, 0.6) is 0 Å². The van der Waals surface area contributed by atoms with Crippen LogP contribution in [0.25, 0.3) is 0 Å². The molecule has 0 aliphatic carbocycles. The lowest BCUT2D eigenvalue weighted by molar-refractivity contribution is -0.195. The Morgan fingerprint density at radius 2 is 1.71 bits per heavy atom. The van der Waals surface area contributed by atoms with Crippen molar-refractivity contribution in [2.45, 2.75) is 59.5 Å². The van der Waals surface area contributed by atoms with E-state index >= 15 is 0 Å². The first-order valence-corrected chi connectivity index (χ1v) is 5.79. The van der Waals surface area contributed by atoms with Crippen LogP contribution in [0.2, 0.25) is 0 Å². The van der Waals surface area contributed by atoms with Gasteiger partial charge in [-0.15, -0.1) is 0 Å². The standard InChI is InChI=1S/C12H20O5/c1-6-9-12(4,5)10(15-7(2)13)11(17-9)16-8(3)14/h9-11H,6H2,1-5H3/t9-,10+,11?/m1/s1. The fourth-order valence-corrected chi connectivity index (χ4v) is 2.20. The third-order valence-electron chi connectivity index (χ3n) is 3.05. The van der Waals surface area contributed by atoms with Crippen LogP contribution >= 0.6 is 0 Å². The van der Waals surface area contributed by atoms with Crippen LogP contribution in [0.4, 0.5) is 0 Å². The highest BCUT2D eigenvalue weighted by molar-refractivity contribution is 5.67. The molecule has 5 nitrogen and oxygen atoms in total. The van der Waals surface area contributed by atoms with Crippen LogP contribution in [-0.2, 0) is 23.8 Å². The largest absolute Gasteiger partial charge is 0.455 e. The van der Waals surface area contributed by atoms with Crippen LogP contribution in [0.15, 0.2) is 0 Å². The molecule has 1 rings (SSSR count). The molecular formula is C12H20O5. The molecule has 1 saturated heterocycles. The lowest BCUT2D eigenvalue weighted by Gasteiger charge is -2.29. The molecule has 3 atom stereocenters. The van der Waals surface area contributed by atoms with Crippen molar-refractivity contribution in [1.82, 2.24) is 0 Å². The van der Waals surface area contributed by atoms with Crippen molar-refractivity contribution in [3.05, 3.63) is 0 Å². The summed E-state index contributed by atoms with van der Waals surface area (Å²) in [6, 6.07) is 0. The first kappa shape index (κ1) is 14.0. The second-order valence-electron chi connectivity index (χ2n) is 4.86. The molecule has 0 spiro atoms. The van der Waals surface area contributed by atoms with Crippen LogP contribution in [-0.4, -0.2) is 30.4 Å². The summed E-state index contributed by atoms with van der Waals surface area (Å²) in [5, 5.41) is 0. The Labute approximate surface area is 101 Å². The molecule has 0 aromatic rings. The summed E-state index contributed by atoms with van der Waals surface area (Å²) >= 11 is 0. The Morgan fingerprint density at radius 3 is 2.12 bits per heavy atom. The molecule has 17 heavy (non-hydrogen) atoms. The van der Waals surface area contributed by atoms with Gasteiger partial charge in [-0.1, -0.05) is 20.8 Å². The normalized spacial score (nSPS) is 31.0. The maximum absolute atomic E-state index is 11.1. The number of rotatable bonds is 3. The Balaban J connectivity index is 2.89. The zero-order valence-corrected chi connectivity index (χ0v) is 11.0. The van der Waals surface area contributed by atoms with Gasteiger partial charge in [-0.3, -0.25) is 9.59 Å². The van der Waals surface area contributed by atoms with Crippen molar-refractivity contribution < 1.29 is 23.8 Å². The van der Waals surface area contributed by atoms with Crippen LogP contribution in [0, 0.1) is 5.41 Å². The van der Waals surface area contributed by atoms with Gasteiger partial charge in [0, 0.05) is 19.3 Å². The van der Waals surface area contributed by atoms with E-state index in [0.29, 0.717) is 0 Å². The molecule has 0 bridgehead atoms. The molecule has 0 saturated carbocycles. The molecule has 0 amide bonds. The quantitative estimate of drug-likeness (QED) is 0.706. The van der Waals surface area contributed by atoms with Crippen molar-refractivity contribution in [2.24, 2.45) is 5.41 Å². The van der Waals surface area contributed by atoms with Gasteiger partial charge in [0.2, 0.25) is 6.29 Å². The van der Waals surface area contributed by atoms with Crippen LogP contribution < -0.4 is 0 Å². The number of hydrogen-bond acceptors (Lipinski definition) is 5. The summed E-state index contributed by atoms with van der Waals surface area (Å²) in [6.07, 6.45) is -0.705. The number of ether oxygens (including phenoxy) is 3.